The molecule has 1 heterocycles. The molecule has 0 unspecified atom stereocenters. The lowest BCUT2D eigenvalue weighted by atomic mass is 9.87. The molecule has 1 aromatic carbocycles. The van der Waals surface area contributed by atoms with Gasteiger partial charge in [-0.15, -0.1) is 0 Å². The molecule has 0 spiro atoms. The molecule has 1 saturated heterocycles. The summed E-state index contributed by atoms with van der Waals surface area (Å²) < 4.78 is 10.6. The third-order valence-electron chi connectivity index (χ3n) is 5.27. The molecule has 0 saturated carbocycles. The van der Waals surface area contributed by atoms with E-state index in [0.717, 1.165) is 12.0 Å². The zero-order chi connectivity index (χ0) is 20.0. The Labute approximate surface area is 160 Å². The second-order valence-corrected chi connectivity index (χ2v) is 7.21. The molecule has 1 aliphatic rings. The SMILES string of the molecule is COc1ccc(CC(=O)N2CC[C@H](N(C)C)[C@H](CCC(=O)O)C2)c(OC)c1. The summed E-state index contributed by atoms with van der Waals surface area (Å²) in [6.45, 7) is 1.27. The summed E-state index contributed by atoms with van der Waals surface area (Å²) >= 11 is 0. The second-order valence-electron chi connectivity index (χ2n) is 7.21. The summed E-state index contributed by atoms with van der Waals surface area (Å²) in [5.74, 6) is 0.721. The highest BCUT2D eigenvalue weighted by atomic mass is 16.5. The van der Waals surface area contributed by atoms with E-state index < -0.39 is 5.97 Å². The van der Waals surface area contributed by atoms with Crippen molar-refractivity contribution in [1.82, 2.24) is 9.80 Å². The highest BCUT2D eigenvalue weighted by Gasteiger charge is 2.33. The van der Waals surface area contributed by atoms with E-state index in [2.05, 4.69) is 4.90 Å². The van der Waals surface area contributed by atoms with Gasteiger partial charge in [-0.25, -0.2) is 0 Å². The van der Waals surface area contributed by atoms with Gasteiger partial charge in [-0.3, -0.25) is 9.59 Å². The summed E-state index contributed by atoms with van der Waals surface area (Å²) in [5.41, 5.74) is 0.820. The van der Waals surface area contributed by atoms with Crippen molar-refractivity contribution in [3.63, 3.8) is 0 Å². The topological polar surface area (TPSA) is 79.3 Å². The Morgan fingerprint density at radius 1 is 1.26 bits per heavy atom. The van der Waals surface area contributed by atoms with Crippen LogP contribution in [-0.4, -0.2) is 74.2 Å². The number of carbonyl (C=O) groups is 2. The van der Waals surface area contributed by atoms with Crippen LogP contribution in [0.5, 0.6) is 11.5 Å². The van der Waals surface area contributed by atoms with Crippen molar-refractivity contribution in [2.75, 3.05) is 41.4 Å². The average Bonchev–Trinajstić information content (AvgIpc) is 2.66. The zero-order valence-corrected chi connectivity index (χ0v) is 16.6. The number of aliphatic carboxylic acids is 1. The molecular weight excluding hydrogens is 348 g/mol. The average molecular weight is 378 g/mol. The maximum Gasteiger partial charge on any atom is 0.303 e. The van der Waals surface area contributed by atoms with Crippen LogP contribution in [0.1, 0.15) is 24.8 Å². The van der Waals surface area contributed by atoms with Crippen molar-refractivity contribution >= 4 is 11.9 Å². The van der Waals surface area contributed by atoms with Crippen molar-refractivity contribution in [1.29, 1.82) is 0 Å². The van der Waals surface area contributed by atoms with Crippen molar-refractivity contribution in [2.24, 2.45) is 5.92 Å². The van der Waals surface area contributed by atoms with Gasteiger partial charge in [0.25, 0.3) is 0 Å². The molecule has 1 fully saturated rings. The van der Waals surface area contributed by atoms with Gasteiger partial charge in [0.05, 0.1) is 20.6 Å². The van der Waals surface area contributed by atoms with Crippen molar-refractivity contribution < 1.29 is 24.2 Å². The molecule has 0 aromatic heterocycles. The Morgan fingerprint density at radius 3 is 2.59 bits per heavy atom. The number of carboxylic acid groups (broad SMARTS) is 1. The number of rotatable bonds is 8. The predicted molar refractivity (Wildman–Crippen MR) is 102 cm³/mol. The highest BCUT2D eigenvalue weighted by molar-refractivity contribution is 5.79. The number of nitrogens with zero attached hydrogens (tertiary/aromatic N) is 2. The fraction of sp³-hybridized carbons (Fsp3) is 0.600. The molecule has 1 aromatic rings. The van der Waals surface area contributed by atoms with E-state index in [1.807, 2.05) is 31.1 Å². The molecule has 1 amide bonds. The highest BCUT2D eigenvalue weighted by Crippen LogP contribution is 2.28. The maximum absolute atomic E-state index is 12.9. The number of carboxylic acids is 1. The van der Waals surface area contributed by atoms with Crippen LogP contribution in [0.3, 0.4) is 0 Å². The van der Waals surface area contributed by atoms with E-state index in [4.69, 9.17) is 14.6 Å². The van der Waals surface area contributed by atoms with Gasteiger partial charge in [0.1, 0.15) is 11.5 Å². The van der Waals surface area contributed by atoms with Gasteiger partial charge in [-0.05, 0) is 38.9 Å². The van der Waals surface area contributed by atoms with Crippen LogP contribution in [0.4, 0.5) is 0 Å². The number of benzene rings is 1. The van der Waals surface area contributed by atoms with Crippen LogP contribution >= 0.6 is 0 Å². The maximum atomic E-state index is 12.9. The third-order valence-corrected chi connectivity index (χ3v) is 5.27. The van der Waals surface area contributed by atoms with E-state index in [1.165, 1.54) is 0 Å². The molecule has 2 rings (SSSR count). The van der Waals surface area contributed by atoms with Gasteiger partial charge in [-0.2, -0.15) is 0 Å². The lowest BCUT2D eigenvalue weighted by molar-refractivity contribution is -0.137. The van der Waals surface area contributed by atoms with Gasteiger partial charge < -0.3 is 24.4 Å². The molecule has 2 atom stereocenters. The predicted octanol–water partition coefficient (Wildman–Crippen LogP) is 1.89. The molecule has 1 aliphatic heterocycles. The second kappa shape index (κ2) is 9.60. The largest absolute Gasteiger partial charge is 0.497 e. The van der Waals surface area contributed by atoms with Gasteiger partial charge in [0.15, 0.2) is 0 Å². The Kier molecular flexibility index (Phi) is 7.47. The number of ether oxygens (including phenoxy) is 2. The summed E-state index contributed by atoms with van der Waals surface area (Å²) in [6, 6.07) is 5.74. The van der Waals surface area contributed by atoms with Crippen LogP contribution in [0, 0.1) is 5.92 Å². The lowest BCUT2D eigenvalue weighted by Crippen LogP contribution is -2.51. The van der Waals surface area contributed by atoms with Gasteiger partial charge in [0, 0.05) is 37.2 Å². The number of hydrogen-bond donors (Lipinski definition) is 1. The Hall–Kier alpha value is -2.28. The first kappa shape index (κ1) is 21.0. The van der Waals surface area contributed by atoms with Crippen LogP contribution in [0.15, 0.2) is 18.2 Å². The van der Waals surface area contributed by atoms with Crippen LogP contribution < -0.4 is 9.47 Å². The minimum absolute atomic E-state index is 0.0380. The first-order chi connectivity index (χ1) is 12.8. The van der Waals surface area contributed by atoms with E-state index in [0.29, 0.717) is 37.1 Å². The van der Waals surface area contributed by atoms with Crippen molar-refractivity contribution in [3.05, 3.63) is 23.8 Å². The normalized spacial score (nSPS) is 19.8. The molecule has 7 heteroatoms. The molecule has 7 nitrogen and oxygen atoms in total. The Bertz CT molecular complexity index is 662. The van der Waals surface area contributed by atoms with Crippen LogP contribution in [-0.2, 0) is 16.0 Å². The fourth-order valence-corrected chi connectivity index (χ4v) is 3.79. The number of methoxy groups -OCH3 is 2. The number of piperidine rings is 1. The standard InChI is InChI=1S/C20H30N2O5/c1-21(2)17-9-10-22(13-15(17)6-8-20(24)25)19(23)11-14-5-7-16(26-3)12-18(14)27-4/h5,7,12,15,17H,6,8-11,13H2,1-4H3,(H,24,25)/t15-,17+/m1/s1. The quantitative estimate of drug-likeness (QED) is 0.744. The minimum Gasteiger partial charge on any atom is -0.497 e. The van der Waals surface area contributed by atoms with E-state index in [9.17, 15) is 9.59 Å². The number of likely N-dealkylation sites (tertiary alicyclic amines) is 1. The Morgan fingerprint density at radius 2 is 2.00 bits per heavy atom. The molecular formula is C20H30N2O5. The lowest BCUT2D eigenvalue weighted by Gasteiger charge is -2.41. The zero-order valence-electron chi connectivity index (χ0n) is 16.6. The third kappa shape index (κ3) is 5.60. The number of hydrogen-bond acceptors (Lipinski definition) is 5. The molecule has 0 radical (unpaired) electrons. The van der Waals surface area contributed by atoms with Gasteiger partial charge >= 0.3 is 5.97 Å². The van der Waals surface area contributed by atoms with Crippen LogP contribution in [0.25, 0.3) is 0 Å². The molecule has 150 valence electrons. The molecule has 27 heavy (non-hydrogen) atoms. The van der Waals surface area contributed by atoms with Crippen molar-refractivity contribution in [3.8, 4) is 11.5 Å². The summed E-state index contributed by atoms with van der Waals surface area (Å²) in [5, 5.41) is 9.02. The number of carbonyl (C=O) groups excluding carboxylic acids is 1. The molecule has 0 aliphatic carbocycles. The first-order valence-electron chi connectivity index (χ1n) is 9.22. The van der Waals surface area contributed by atoms with E-state index >= 15 is 0 Å². The number of amides is 1. The van der Waals surface area contributed by atoms with Crippen LogP contribution in [0.2, 0.25) is 0 Å². The molecule has 1 N–H and O–H groups in total. The summed E-state index contributed by atoms with van der Waals surface area (Å²) in [7, 11) is 7.19. The first-order valence-corrected chi connectivity index (χ1v) is 9.22. The summed E-state index contributed by atoms with van der Waals surface area (Å²) in [4.78, 5) is 27.8. The minimum atomic E-state index is -0.793. The van der Waals surface area contributed by atoms with Gasteiger partial charge in [0.2, 0.25) is 5.91 Å². The van der Waals surface area contributed by atoms with E-state index in [1.54, 1.807) is 20.3 Å². The Balaban J connectivity index is 2.06. The fourth-order valence-electron chi connectivity index (χ4n) is 3.79. The van der Waals surface area contributed by atoms with Gasteiger partial charge in [-0.1, -0.05) is 6.07 Å². The monoisotopic (exact) mass is 378 g/mol. The molecule has 0 bridgehead atoms. The summed E-state index contributed by atoms with van der Waals surface area (Å²) in [6.07, 6.45) is 1.81. The smallest absolute Gasteiger partial charge is 0.303 e. The van der Waals surface area contributed by atoms with E-state index in [-0.39, 0.29) is 24.7 Å². The van der Waals surface area contributed by atoms with Crippen molar-refractivity contribution in [2.45, 2.75) is 31.7 Å².